The molecule has 48 heavy (non-hydrogen) atoms. The summed E-state index contributed by atoms with van der Waals surface area (Å²) in [7, 11) is -5.54. The van der Waals surface area contributed by atoms with Crippen LogP contribution in [-0.4, -0.2) is 123 Å². The van der Waals surface area contributed by atoms with Crippen LogP contribution in [0.4, 0.5) is 0 Å². The van der Waals surface area contributed by atoms with E-state index in [0.717, 1.165) is 41.5 Å². The molecule has 0 saturated carbocycles. The predicted molar refractivity (Wildman–Crippen MR) is 184 cm³/mol. The highest BCUT2D eigenvalue weighted by molar-refractivity contribution is 7.78. The van der Waals surface area contributed by atoms with Crippen molar-refractivity contribution >= 4 is 45.6 Å². The van der Waals surface area contributed by atoms with Gasteiger partial charge in [0, 0.05) is 92.4 Å². The number of hydrogen-bond donors (Lipinski definition) is 1. The predicted octanol–water partition coefficient (Wildman–Crippen LogP) is 6.89. The van der Waals surface area contributed by atoms with Crippen molar-refractivity contribution in [1.29, 1.82) is 0 Å². The Balaban J connectivity index is -0.000000283. The van der Waals surface area contributed by atoms with Crippen molar-refractivity contribution in [2.24, 2.45) is 0 Å². The molecule has 26 heteroatoms. The molecular weight excluding hydrogens is 768 g/mol. The molecule has 0 amide bonds. The third-order valence-electron chi connectivity index (χ3n) is 5.62. The molecule has 0 aromatic carbocycles. The summed E-state index contributed by atoms with van der Waals surface area (Å²) >= 11 is 0. The third kappa shape index (κ3) is 18.9. The van der Waals surface area contributed by atoms with E-state index in [1.54, 1.807) is 0 Å². The first kappa shape index (κ1) is 55.3. The lowest BCUT2D eigenvalue weighted by Gasteiger charge is -2.28. The van der Waals surface area contributed by atoms with Crippen LogP contribution in [0.5, 0.6) is 0 Å². The van der Waals surface area contributed by atoms with Gasteiger partial charge in [0.1, 0.15) is 5.06 Å². The van der Waals surface area contributed by atoms with E-state index in [4.69, 9.17) is 22.8 Å². The number of nitrogens with one attached hydrogen (secondary N) is 1. The lowest BCUT2D eigenvalue weighted by Crippen LogP contribution is -2.19. The Kier molecular flexibility index (Phi) is 32.4. The van der Waals surface area contributed by atoms with Gasteiger partial charge in [0.2, 0.25) is 0 Å². The molecule has 294 valence electrons. The minimum atomic E-state index is -3.63. The van der Waals surface area contributed by atoms with Gasteiger partial charge in [-0.05, 0) is 13.1 Å². The second kappa shape index (κ2) is 28.1. The molecule has 1 N–H and O–H groups in total. The summed E-state index contributed by atoms with van der Waals surface area (Å²) in [5.74, 6) is -0.389. The molecule has 0 saturated heterocycles. The van der Waals surface area contributed by atoms with Crippen LogP contribution in [0.25, 0.3) is 0 Å². The molecule has 0 rings (SSSR count). The number of ether oxygens (including phenoxy) is 1. The maximum Gasteiger partial charge on any atom is 0.368 e. The molecule has 20 nitrogen and oxygen atoms in total. The second-order valence-corrected chi connectivity index (χ2v) is 23.1. The zero-order valence-electron chi connectivity index (χ0n) is 30.6. The van der Waals surface area contributed by atoms with E-state index in [1.807, 2.05) is 0 Å². The Morgan fingerprint density at radius 1 is 0.500 bits per heavy atom. The van der Waals surface area contributed by atoms with Crippen molar-refractivity contribution in [1.82, 2.24) is 5.32 Å². The van der Waals surface area contributed by atoms with Crippen molar-refractivity contribution in [3.63, 3.8) is 0 Å². The summed E-state index contributed by atoms with van der Waals surface area (Å²) < 4.78 is 131. The maximum atomic E-state index is 12.1. The highest BCUT2D eigenvalue weighted by atomic mass is 31.3. The van der Waals surface area contributed by atoms with Crippen LogP contribution in [0.2, 0.25) is 0 Å². The lowest BCUT2D eigenvalue weighted by atomic mass is 10.7. The molecule has 0 spiro atoms. The minimum absolute atomic E-state index is 0.127. The zero-order valence-corrected chi connectivity index (χ0v) is 35.9. The van der Waals surface area contributed by atoms with E-state index in [0.29, 0.717) is 0 Å². The summed E-state index contributed by atoms with van der Waals surface area (Å²) in [6, 6.07) is 0. The van der Waals surface area contributed by atoms with Crippen LogP contribution in [0.3, 0.4) is 0 Å². The van der Waals surface area contributed by atoms with Crippen LogP contribution in [-0.2, 0) is 86.4 Å². The quantitative estimate of drug-likeness (QED) is 0.109. The van der Waals surface area contributed by atoms with Crippen LogP contribution >= 0.6 is 45.6 Å². The fourth-order valence-corrected chi connectivity index (χ4v) is 14.3. The molecule has 0 aromatic heterocycles. The Morgan fingerprint density at radius 2 is 0.771 bits per heavy atom. The minimum Gasteiger partial charge on any atom is -0.383 e. The third-order valence-corrected chi connectivity index (χ3v) is 20.8. The summed E-state index contributed by atoms with van der Waals surface area (Å²) in [6.07, 6.45) is 0. The molecule has 0 atom stereocenters. The molecule has 0 fully saturated rings. The van der Waals surface area contributed by atoms with Crippen molar-refractivity contribution < 1.29 is 86.4 Å². The number of rotatable bonds is 22. The van der Waals surface area contributed by atoms with Gasteiger partial charge in [-0.1, -0.05) is 20.4 Å². The van der Waals surface area contributed by atoms with Gasteiger partial charge < -0.3 is 64.3 Å². The van der Waals surface area contributed by atoms with Gasteiger partial charge in [0.15, 0.2) is 11.3 Å². The second-order valence-electron chi connectivity index (χ2n) is 7.94. The summed E-state index contributed by atoms with van der Waals surface area (Å²) in [6.45, 7) is 9.62. The van der Waals surface area contributed by atoms with Gasteiger partial charge in [-0.3, -0.25) is 27.4 Å². The van der Waals surface area contributed by atoms with Crippen molar-refractivity contribution in [3.05, 3.63) is 11.6 Å². The van der Waals surface area contributed by atoms with Crippen molar-refractivity contribution in [2.75, 3.05) is 118 Å². The van der Waals surface area contributed by atoms with Crippen LogP contribution in [0.1, 0.15) is 13.8 Å². The van der Waals surface area contributed by atoms with Crippen LogP contribution in [0, 0.1) is 0 Å². The first-order valence-corrected chi connectivity index (χ1v) is 23.1. The van der Waals surface area contributed by atoms with Gasteiger partial charge in [-0.2, -0.15) is 0 Å². The van der Waals surface area contributed by atoms with Gasteiger partial charge >= 0.3 is 45.6 Å². The normalized spacial score (nSPS) is 12.7. The summed E-state index contributed by atoms with van der Waals surface area (Å²) in [4.78, 5) is 0. The fraction of sp³-hybridized carbons (Fsp3) is 0.909. The number of hydrogen-bond acceptors (Lipinski definition) is 20. The average Bonchev–Trinajstić information content (AvgIpc) is 3.13. The van der Waals surface area contributed by atoms with E-state index < -0.39 is 51.0 Å². The average molecular weight is 826 g/mol. The Labute approximate surface area is 286 Å². The smallest absolute Gasteiger partial charge is 0.368 e. The first-order valence-electron chi connectivity index (χ1n) is 13.4. The zero-order chi connectivity index (χ0) is 38.9. The first-order chi connectivity index (χ1) is 22.2. The fourth-order valence-electron chi connectivity index (χ4n) is 2.70. The SMILES string of the molecule is C=C(P(=O)(OC)OC)P(=O)(OC)OC.CCNCC.COCC(P(=O)(OC)OC)P(=O)(OC)OC.COP(=O)(CP(=O)(OC)OC)OC. The molecule has 0 bridgehead atoms. The molecule has 0 radical (unpaired) electrons. The molecule has 0 aromatic rings. The standard InChI is InChI=1S/C7H18O7P2.C6H14O6P2.C5H14O6P2.C4H11N/c1-10-6-7(15(8,11-2)12-3)16(9,13-4)14-5;1-6(13(7,9-2)10-3)14(8,11-4)12-5;1-8-12(6,9-2)5-13(7,10-3)11-4;1-3-5-4-2/h7H,6H2,1-5H3;1H2,2-5H3;5H2,1-4H3;5H,3-4H2,1-2H3. The summed E-state index contributed by atoms with van der Waals surface area (Å²) in [5.41, 5.74) is 0. The molecular formula is C22H57NO19P6. The van der Waals surface area contributed by atoms with E-state index >= 15 is 0 Å². The lowest BCUT2D eigenvalue weighted by molar-refractivity contribution is 0.177. The van der Waals surface area contributed by atoms with Gasteiger partial charge in [-0.25, -0.2) is 0 Å². The Bertz CT molecular complexity index is 1030. The number of methoxy groups -OCH3 is 1. The molecule has 0 aliphatic carbocycles. The molecule has 0 aliphatic heterocycles. The van der Waals surface area contributed by atoms with E-state index in [2.05, 4.69) is 61.9 Å². The molecule has 0 aliphatic rings. The summed E-state index contributed by atoms with van der Waals surface area (Å²) in [5, 5.41) is 1.68. The monoisotopic (exact) mass is 825 g/mol. The van der Waals surface area contributed by atoms with Crippen LogP contribution < -0.4 is 5.32 Å². The Morgan fingerprint density at radius 3 is 0.917 bits per heavy atom. The highest BCUT2D eigenvalue weighted by Gasteiger charge is 2.49. The van der Waals surface area contributed by atoms with Crippen molar-refractivity contribution in [3.8, 4) is 0 Å². The maximum absolute atomic E-state index is 12.1. The van der Waals surface area contributed by atoms with Gasteiger partial charge in [0.25, 0.3) is 0 Å². The van der Waals surface area contributed by atoms with Gasteiger partial charge in [-0.15, -0.1) is 0 Å². The van der Waals surface area contributed by atoms with Gasteiger partial charge in [0.05, 0.1) is 6.61 Å². The van der Waals surface area contributed by atoms with Crippen molar-refractivity contribution in [2.45, 2.75) is 19.2 Å². The molecule has 0 heterocycles. The largest absolute Gasteiger partial charge is 0.383 e. The van der Waals surface area contributed by atoms with Crippen LogP contribution in [0.15, 0.2) is 11.6 Å². The highest BCUT2D eigenvalue weighted by Crippen LogP contribution is 2.72. The topological polar surface area (TPSA) is 234 Å². The van der Waals surface area contributed by atoms with E-state index in [-0.39, 0.29) is 17.6 Å². The Hall–Kier alpha value is 0.560. The molecule has 0 unspecified atom stereocenters. The van der Waals surface area contributed by atoms with E-state index in [9.17, 15) is 27.4 Å². The van der Waals surface area contributed by atoms with E-state index in [1.165, 1.54) is 64.0 Å².